The van der Waals surface area contributed by atoms with Crippen LogP contribution in [-0.2, 0) is 6.54 Å². The molecule has 1 N–H and O–H groups in total. The summed E-state index contributed by atoms with van der Waals surface area (Å²) >= 11 is 0. The fourth-order valence-corrected chi connectivity index (χ4v) is 3.59. The first-order chi connectivity index (χ1) is 11.6. The number of carbonyl (C=O) groups is 1. The minimum Gasteiger partial charge on any atom is -0.451 e. The van der Waals surface area contributed by atoms with Gasteiger partial charge < -0.3 is 19.5 Å². The van der Waals surface area contributed by atoms with Crippen molar-refractivity contribution in [3.63, 3.8) is 0 Å². The Morgan fingerprint density at radius 2 is 2.17 bits per heavy atom. The molecule has 0 spiro atoms. The molecule has 1 fully saturated rings. The van der Waals surface area contributed by atoms with Crippen LogP contribution in [0.25, 0.3) is 11.0 Å². The summed E-state index contributed by atoms with van der Waals surface area (Å²) in [5, 5.41) is 4.27. The van der Waals surface area contributed by atoms with Crippen molar-refractivity contribution in [1.82, 2.24) is 15.1 Å². The molecule has 1 aromatic carbocycles. The monoisotopic (exact) mass is 329 g/mol. The third-order valence-electron chi connectivity index (χ3n) is 4.67. The number of nitrogens with one attached hydrogen (secondary N) is 1. The van der Waals surface area contributed by atoms with Crippen molar-refractivity contribution < 1.29 is 9.21 Å². The van der Waals surface area contributed by atoms with Crippen LogP contribution in [0.1, 0.15) is 29.0 Å². The highest BCUT2D eigenvalue weighted by atomic mass is 16.3. The summed E-state index contributed by atoms with van der Waals surface area (Å²) in [6, 6.07) is 7.91. The van der Waals surface area contributed by atoms with E-state index in [1.807, 2.05) is 50.3 Å². The fourth-order valence-electron chi connectivity index (χ4n) is 3.59. The molecule has 2 aromatic rings. The van der Waals surface area contributed by atoms with Crippen LogP contribution in [0.5, 0.6) is 0 Å². The molecule has 1 aliphatic heterocycles. The summed E-state index contributed by atoms with van der Waals surface area (Å²) in [7, 11) is 5.99. The normalized spacial score (nSPS) is 18.5. The van der Waals surface area contributed by atoms with E-state index in [1.165, 1.54) is 6.42 Å². The molecule has 1 atom stereocenters. The molecule has 1 aromatic heterocycles. The molecule has 3 rings (SSSR count). The smallest absolute Gasteiger partial charge is 0.289 e. The second-order valence-electron chi connectivity index (χ2n) is 6.96. The van der Waals surface area contributed by atoms with Gasteiger partial charge in [0.1, 0.15) is 5.58 Å². The Labute approximate surface area is 143 Å². The number of rotatable bonds is 5. The Balaban J connectivity index is 1.91. The van der Waals surface area contributed by atoms with Gasteiger partial charge in [-0.1, -0.05) is 18.2 Å². The first-order valence-electron chi connectivity index (χ1n) is 8.69. The van der Waals surface area contributed by atoms with Crippen molar-refractivity contribution in [3.05, 3.63) is 35.6 Å². The van der Waals surface area contributed by atoms with Crippen LogP contribution in [0.15, 0.2) is 28.7 Å². The van der Waals surface area contributed by atoms with Crippen LogP contribution in [0.2, 0.25) is 0 Å². The number of benzene rings is 1. The third kappa shape index (κ3) is 3.47. The minimum atomic E-state index is 0.0313. The molecule has 1 amide bonds. The van der Waals surface area contributed by atoms with Crippen molar-refractivity contribution in [1.29, 1.82) is 0 Å². The molecule has 0 radical (unpaired) electrons. The zero-order chi connectivity index (χ0) is 17.1. The van der Waals surface area contributed by atoms with Crippen molar-refractivity contribution >= 4 is 16.9 Å². The quantitative estimate of drug-likeness (QED) is 0.916. The van der Waals surface area contributed by atoms with Crippen molar-refractivity contribution in [2.24, 2.45) is 5.92 Å². The van der Waals surface area contributed by atoms with Crippen LogP contribution in [0.4, 0.5) is 0 Å². The molecule has 0 unspecified atom stereocenters. The van der Waals surface area contributed by atoms with E-state index in [9.17, 15) is 4.79 Å². The standard InChI is InChI=1S/C19H27N3O2/c1-20-11-14-7-6-10-22(12-14)19(23)18-16(13-21(2)3)15-8-4-5-9-17(15)24-18/h4-5,8-9,14,20H,6-7,10-13H2,1-3H3/t14-/m1/s1. The number of hydrogen-bond donors (Lipinski definition) is 1. The number of nitrogens with zero attached hydrogens (tertiary/aromatic N) is 2. The topological polar surface area (TPSA) is 48.7 Å². The maximum absolute atomic E-state index is 13.1. The van der Waals surface area contributed by atoms with E-state index in [2.05, 4.69) is 10.2 Å². The number of para-hydroxylation sites is 1. The van der Waals surface area contributed by atoms with Gasteiger partial charge in [-0.15, -0.1) is 0 Å². The zero-order valence-corrected chi connectivity index (χ0v) is 14.8. The summed E-state index contributed by atoms with van der Waals surface area (Å²) < 4.78 is 5.98. The second-order valence-corrected chi connectivity index (χ2v) is 6.96. The van der Waals surface area contributed by atoms with E-state index in [1.54, 1.807) is 0 Å². The van der Waals surface area contributed by atoms with Gasteiger partial charge in [-0.2, -0.15) is 0 Å². The summed E-state index contributed by atoms with van der Waals surface area (Å²) in [6.07, 6.45) is 2.23. The minimum absolute atomic E-state index is 0.0313. The van der Waals surface area contributed by atoms with Crippen LogP contribution < -0.4 is 5.32 Å². The number of hydrogen-bond acceptors (Lipinski definition) is 4. The molecule has 1 aliphatic rings. The highest BCUT2D eigenvalue weighted by Crippen LogP contribution is 2.29. The first kappa shape index (κ1) is 17.0. The third-order valence-corrected chi connectivity index (χ3v) is 4.67. The van der Waals surface area contributed by atoms with Crippen LogP contribution in [0.3, 0.4) is 0 Å². The van der Waals surface area contributed by atoms with Gasteiger partial charge in [0.15, 0.2) is 5.76 Å². The van der Waals surface area contributed by atoms with Gasteiger partial charge in [0, 0.05) is 30.6 Å². The molecule has 0 bridgehead atoms. The highest BCUT2D eigenvalue weighted by molar-refractivity contribution is 5.99. The largest absolute Gasteiger partial charge is 0.451 e. The molecule has 1 saturated heterocycles. The molecule has 5 heteroatoms. The molecule has 0 saturated carbocycles. The van der Waals surface area contributed by atoms with Crippen LogP contribution in [0, 0.1) is 5.92 Å². The lowest BCUT2D eigenvalue weighted by Gasteiger charge is -2.32. The predicted octanol–water partition coefficient (Wildman–Crippen LogP) is 2.57. The average Bonchev–Trinajstić information content (AvgIpc) is 2.93. The molecule has 0 aliphatic carbocycles. The van der Waals surface area contributed by atoms with Gasteiger partial charge in [0.25, 0.3) is 5.91 Å². The summed E-state index contributed by atoms with van der Waals surface area (Å²) in [6.45, 7) is 3.27. The molecule has 2 heterocycles. The Bertz CT molecular complexity index is 706. The molecular formula is C19H27N3O2. The maximum atomic E-state index is 13.1. The summed E-state index contributed by atoms with van der Waals surface area (Å²) in [4.78, 5) is 17.2. The predicted molar refractivity (Wildman–Crippen MR) is 96.2 cm³/mol. The fraction of sp³-hybridized carbons (Fsp3) is 0.526. The van der Waals surface area contributed by atoms with Crippen molar-refractivity contribution in [2.45, 2.75) is 19.4 Å². The summed E-state index contributed by atoms with van der Waals surface area (Å²) in [5.74, 6) is 1.06. The van der Waals surface area contributed by atoms with Gasteiger partial charge in [0.05, 0.1) is 0 Å². The highest BCUT2D eigenvalue weighted by Gasteiger charge is 2.29. The lowest BCUT2D eigenvalue weighted by molar-refractivity contribution is 0.0642. The van der Waals surface area contributed by atoms with Crippen LogP contribution in [-0.4, -0.2) is 56.5 Å². The van der Waals surface area contributed by atoms with E-state index >= 15 is 0 Å². The number of piperidine rings is 1. The van der Waals surface area contributed by atoms with Crippen molar-refractivity contribution in [3.8, 4) is 0 Å². The Morgan fingerprint density at radius 3 is 2.92 bits per heavy atom. The van der Waals surface area contributed by atoms with Crippen LogP contribution >= 0.6 is 0 Å². The number of fused-ring (bicyclic) bond motifs is 1. The van der Waals surface area contributed by atoms with Gasteiger partial charge in [-0.3, -0.25) is 4.79 Å². The lowest BCUT2D eigenvalue weighted by Crippen LogP contribution is -2.42. The van der Waals surface area contributed by atoms with Gasteiger partial charge in [-0.05, 0) is 52.5 Å². The van der Waals surface area contributed by atoms with Gasteiger partial charge >= 0.3 is 0 Å². The lowest BCUT2D eigenvalue weighted by atomic mass is 9.97. The van der Waals surface area contributed by atoms with E-state index in [0.717, 1.165) is 42.6 Å². The van der Waals surface area contributed by atoms with E-state index in [4.69, 9.17) is 4.42 Å². The Morgan fingerprint density at radius 1 is 1.38 bits per heavy atom. The molecular weight excluding hydrogens is 302 g/mol. The van der Waals surface area contributed by atoms with E-state index in [0.29, 0.717) is 18.2 Å². The summed E-state index contributed by atoms with van der Waals surface area (Å²) in [5.41, 5.74) is 1.79. The number of likely N-dealkylation sites (tertiary alicyclic amines) is 1. The van der Waals surface area contributed by atoms with Crippen molar-refractivity contribution in [2.75, 3.05) is 40.8 Å². The molecule has 130 valence electrons. The van der Waals surface area contributed by atoms with Gasteiger partial charge in [-0.25, -0.2) is 0 Å². The van der Waals surface area contributed by atoms with E-state index < -0.39 is 0 Å². The second kappa shape index (κ2) is 7.36. The molecule has 5 nitrogen and oxygen atoms in total. The Kier molecular flexibility index (Phi) is 5.21. The molecule has 24 heavy (non-hydrogen) atoms. The average molecular weight is 329 g/mol. The van der Waals surface area contributed by atoms with Gasteiger partial charge in [0.2, 0.25) is 0 Å². The number of carbonyl (C=O) groups excluding carboxylic acids is 1. The number of amides is 1. The zero-order valence-electron chi connectivity index (χ0n) is 14.8. The Hall–Kier alpha value is -1.85. The first-order valence-corrected chi connectivity index (χ1v) is 8.69. The van der Waals surface area contributed by atoms with E-state index in [-0.39, 0.29) is 5.91 Å². The maximum Gasteiger partial charge on any atom is 0.289 e. The SMILES string of the molecule is CNC[C@H]1CCCN(C(=O)c2oc3ccccc3c2CN(C)C)C1. The number of furan rings is 1.